The van der Waals surface area contributed by atoms with Crippen LogP contribution in [0, 0.1) is 6.92 Å². The van der Waals surface area contributed by atoms with Crippen molar-refractivity contribution in [2.24, 2.45) is 7.05 Å². The Bertz CT molecular complexity index is 1340. The highest BCUT2D eigenvalue weighted by atomic mass is 16.5. The Hall–Kier alpha value is -4.22. The molecule has 35 heavy (non-hydrogen) atoms. The molecule has 0 aliphatic heterocycles. The Labute approximate surface area is 201 Å². The van der Waals surface area contributed by atoms with Crippen LogP contribution in [0.2, 0.25) is 0 Å². The minimum Gasteiger partial charge on any atom is -0.469 e. The molecule has 0 atom stereocenters. The van der Waals surface area contributed by atoms with Crippen LogP contribution >= 0.6 is 0 Å². The van der Waals surface area contributed by atoms with Gasteiger partial charge in [0.1, 0.15) is 0 Å². The van der Waals surface area contributed by atoms with E-state index < -0.39 is 23.3 Å². The van der Waals surface area contributed by atoms with Crippen LogP contribution in [-0.2, 0) is 29.7 Å². The van der Waals surface area contributed by atoms with E-state index in [2.05, 4.69) is 25.5 Å². The first kappa shape index (κ1) is 25.4. The van der Waals surface area contributed by atoms with E-state index >= 15 is 0 Å². The maximum absolute atomic E-state index is 13.3. The van der Waals surface area contributed by atoms with E-state index in [0.717, 1.165) is 15.7 Å². The third-order valence-corrected chi connectivity index (χ3v) is 5.09. The van der Waals surface area contributed by atoms with Gasteiger partial charge < -0.3 is 15.4 Å². The van der Waals surface area contributed by atoms with Crippen molar-refractivity contribution < 1.29 is 14.3 Å². The van der Waals surface area contributed by atoms with Gasteiger partial charge in [-0.1, -0.05) is 29.8 Å². The number of hydrogen-bond acceptors (Lipinski definition) is 8. The van der Waals surface area contributed by atoms with Gasteiger partial charge in [0, 0.05) is 25.8 Å². The Morgan fingerprint density at radius 2 is 1.80 bits per heavy atom. The summed E-state index contributed by atoms with van der Waals surface area (Å²) in [6.07, 6.45) is 1.40. The number of benzene rings is 1. The molecule has 2 aromatic heterocycles. The first-order valence-electron chi connectivity index (χ1n) is 11.0. The number of nitrogens with zero attached hydrogens (tertiary/aromatic N) is 5. The molecule has 0 aliphatic carbocycles. The van der Waals surface area contributed by atoms with Crippen molar-refractivity contribution in [2.45, 2.75) is 46.3 Å². The molecule has 1 aromatic carbocycles. The Kier molecular flexibility index (Phi) is 7.84. The van der Waals surface area contributed by atoms with Crippen LogP contribution in [0.4, 0.5) is 11.6 Å². The lowest BCUT2D eigenvalue weighted by Crippen LogP contribution is -2.43. The summed E-state index contributed by atoms with van der Waals surface area (Å²) in [6.45, 7) is 5.51. The average Bonchev–Trinajstić information content (AvgIpc) is 3.17. The van der Waals surface area contributed by atoms with E-state index in [9.17, 15) is 19.2 Å². The fourth-order valence-electron chi connectivity index (χ4n) is 3.34. The maximum Gasteiger partial charge on any atom is 0.354 e. The summed E-state index contributed by atoms with van der Waals surface area (Å²) >= 11 is 0. The smallest absolute Gasteiger partial charge is 0.354 e. The second kappa shape index (κ2) is 10.8. The molecular weight excluding hydrogens is 454 g/mol. The minimum absolute atomic E-state index is 0.0542. The summed E-state index contributed by atoms with van der Waals surface area (Å²) in [7, 11) is 2.88. The number of ether oxygens (including phenoxy) is 1. The van der Waals surface area contributed by atoms with Crippen LogP contribution in [-0.4, -0.2) is 48.9 Å². The average molecular weight is 484 g/mol. The molecule has 0 saturated heterocycles. The summed E-state index contributed by atoms with van der Waals surface area (Å²) < 4.78 is 8.21. The molecule has 12 heteroatoms. The Morgan fingerprint density at radius 3 is 2.43 bits per heavy atom. The van der Waals surface area contributed by atoms with Crippen LogP contribution < -0.4 is 22.0 Å². The minimum atomic E-state index is -0.835. The fraction of sp³-hybridized carbons (Fsp3) is 0.391. The number of hydrogen-bond donors (Lipinski definition) is 2. The number of esters is 1. The lowest BCUT2D eigenvalue weighted by molar-refractivity contribution is -0.140. The van der Waals surface area contributed by atoms with Gasteiger partial charge in [0.15, 0.2) is 5.69 Å². The number of anilines is 2. The molecule has 0 spiro atoms. The van der Waals surface area contributed by atoms with E-state index in [-0.39, 0.29) is 42.9 Å². The van der Waals surface area contributed by atoms with E-state index in [1.165, 1.54) is 16.4 Å². The van der Waals surface area contributed by atoms with Crippen LogP contribution in [0.3, 0.4) is 0 Å². The summed E-state index contributed by atoms with van der Waals surface area (Å²) in [5, 5.41) is 9.90. The van der Waals surface area contributed by atoms with Crippen molar-refractivity contribution in [3.63, 3.8) is 0 Å². The molecule has 0 radical (unpaired) electrons. The predicted molar refractivity (Wildman–Crippen MR) is 129 cm³/mol. The first-order chi connectivity index (χ1) is 16.6. The van der Waals surface area contributed by atoms with Gasteiger partial charge in [-0.05, 0) is 26.3 Å². The van der Waals surface area contributed by atoms with Gasteiger partial charge in [0.05, 0.1) is 25.8 Å². The third kappa shape index (κ3) is 6.22. The number of methoxy groups -OCH3 is 1. The Morgan fingerprint density at radius 1 is 1.11 bits per heavy atom. The van der Waals surface area contributed by atoms with E-state index in [0.29, 0.717) is 0 Å². The molecule has 1 amide bonds. The molecule has 0 aliphatic rings. The molecule has 2 N–H and O–H groups in total. The number of rotatable bonds is 9. The highest BCUT2D eigenvalue weighted by molar-refractivity contribution is 5.98. The number of amides is 1. The molecule has 2 heterocycles. The van der Waals surface area contributed by atoms with Crippen molar-refractivity contribution >= 4 is 23.5 Å². The number of carbonyl (C=O) groups excluding carboxylic acids is 2. The van der Waals surface area contributed by atoms with Gasteiger partial charge in [-0.15, -0.1) is 0 Å². The van der Waals surface area contributed by atoms with Crippen LogP contribution in [0.5, 0.6) is 0 Å². The van der Waals surface area contributed by atoms with Gasteiger partial charge in [0.2, 0.25) is 5.95 Å². The molecule has 3 aromatic rings. The van der Waals surface area contributed by atoms with Crippen LogP contribution in [0.1, 0.15) is 41.9 Å². The molecule has 0 fully saturated rings. The highest BCUT2D eigenvalue weighted by Crippen LogP contribution is 2.18. The molecule has 0 unspecified atom stereocenters. The summed E-state index contributed by atoms with van der Waals surface area (Å²) in [5.74, 6) is -1.02. The lowest BCUT2D eigenvalue weighted by Gasteiger charge is -2.16. The second-order valence-corrected chi connectivity index (χ2v) is 8.37. The number of aryl methyl sites for hydroxylation is 2. The standard InChI is InChI=1S/C23H29N7O5/c1-14(2)24-20(32)19-17(13-28(4)27-19)25-21-26-22(33)29(11-10-18(31)35-5)23(34)30(21)12-16-8-6-15(3)7-9-16/h6-9,13-14H,10-12H2,1-5H3,(H,24,32)(H,25,26,33). The van der Waals surface area contributed by atoms with Crippen molar-refractivity contribution in [1.82, 2.24) is 29.2 Å². The zero-order valence-corrected chi connectivity index (χ0v) is 20.4. The maximum atomic E-state index is 13.3. The van der Waals surface area contributed by atoms with E-state index in [4.69, 9.17) is 0 Å². The molecule has 186 valence electrons. The monoisotopic (exact) mass is 483 g/mol. The normalized spacial score (nSPS) is 10.9. The van der Waals surface area contributed by atoms with Gasteiger partial charge in [-0.2, -0.15) is 10.1 Å². The Balaban J connectivity index is 2.07. The van der Waals surface area contributed by atoms with Gasteiger partial charge in [-0.3, -0.25) is 18.8 Å². The third-order valence-electron chi connectivity index (χ3n) is 5.09. The van der Waals surface area contributed by atoms with E-state index in [1.807, 2.05) is 45.0 Å². The largest absolute Gasteiger partial charge is 0.469 e. The van der Waals surface area contributed by atoms with Gasteiger partial charge >= 0.3 is 17.3 Å². The quantitative estimate of drug-likeness (QED) is 0.428. The van der Waals surface area contributed by atoms with Crippen molar-refractivity contribution in [2.75, 3.05) is 12.4 Å². The number of nitrogens with one attached hydrogen (secondary N) is 2. The zero-order chi connectivity index (χ0) is 25.7. The number of carbonyl (C=O) groups is 2. The molecule has 3 rings (SSSR count). The van der Waals surface area contributed by atoms with Crippen molar-refractivity contribution in [1.29, 1.82) is 0 Å². The summed E-state index contributed by atoms with van der Waals surface area (Å²) in [6, 6.07) is 7.42. The summed E-state index contributed by atoms with van der Waals surface area (Å²) in [4.78, 5) is 54.3. The van der Waals surface area contributed by atoms with Gasteiger partial charge in [-0.25, -0.2) is 14.2 Å². The van der Waals surface area contributed by atoms with Crippen LogP contribution in [0.15, 0.2) is 40.1 Å². The zero-order valence-electron chi connectivity index (χ0n) is 20.4. The predicted octanol–water partition coefficient (Wildman–Crippen LogP) is 0.940. The van der Waals surface area contributed by atoms with Crippen molar-refractivity contribution in [3.05, 3.63) is 68.3 Å². The first-order valence-corrected chi connectivity index (χ1v) is 11.0. The van der Waals surface area contributed by atoms with Crippen molar-refractivity contribution in [3.8, 4) is 0 Å². The molecule has 12 nitrogen and oxygen atoms in total. The summed E-state index contributed by atoms with van der Waals surface area (Å²) in [5.41, 5.74) is 0.725. The SMILES string of the molecule is COC(=O)CCn1c(=O)nc(Nc2cn(C)nc2C(=O)NC(C)C)n(Cc2ccc(C)cc2)c1=O. The van der Waals surface area contributed by atoms with Crippen LogP contribution in [0.25, 0.3) is 0 Å². The fourth-order valence-corrected chi connectivity index (χ4v) is 3.34. The topological polar surface area (TPSA) is 142 Å². The number of aromatic nitrogens is 5. The second-order valence-electron chi connectivity index (χ2n) is 8.37. The van der Waals surface area contributed by atoms with E-state index in [1.54, 1.807) is 13.2 Å². The molecule has 0 saturated carbocycles. The lowest BCUT2D eigenvalue weighted by atomic mass is 10.1. The van der Waals surface area contributed by atoms with Gasteiger partial charge in [0.25, 0.3) is 5.91 Å². The highest BCUT2D eigenvalue weighted by Gasteiger charge is 2.21. The molecular formula is C23H29N7O5. The molecule has 0 bridgehead atoms.